The third-order valence-corrected chi connectivity index (χ3v) is 10.2. The Labute approximate surface area is 318 Å². The molecule has 56 heavy (non-hydrogen) atoms. The molecule has 0 aliphatic heterocycles. The molecular formula is C47H27F3N6. The zero-order valence-corrected chi connectivity index (χ0v) is 29.4. The number of aromatic nitrogens is 5. The van der Waals surface area contributed by atoms with Crippen LogP contribution in [0.25, 0.3) is 89.2 Å². The predicted octanol–water partition coefficient (Wildman–Crippen LogP) is 12.0. The summed E-state index contributed by atoms with van der Waals surface area (Å²) in [6.07, 6.45) is -4.55. The first kappa shape index (κ1) is 33.0. The molecule has 0 radical (unpaired) electrons. The number of benzene rings is 7. The van der Waals surface area contributed by atoms with E-state index in [9.17, 15) is 18.4 Å². The summed E-state index contributed by atoms with van der Waals surface area (Å²) in [6.45, 7) is 0. The van der Waals surface area contributed by atoms with Crippen molar-refractivity contribution in [2.24, 2.45) is 0 Å². The third kappa shape index (κ3) is 5.22. The van der Waals surface area contributed by atoms with Crippen molar-refractivity contribution in [2.75, 3.05) is 0 Å². The first-order chi connectivity index (χ1) is 27.4. The summed E-state index contributed by atoms with van der Waals surface area (Å²) < 4.78 is 47.1. The Morgan fingerprint density at radius 2 is 0.911 bits per heavy atom. The molecule has 6 nitrogen and oxygen atoms in total. The van der Waals surface area contributed by atoms with Crippen LogP contribution in [-0.4, -0.2) is 24.1 Å². The van der Waals surface area contributed by atoms with Crippen LogP contribution in [-0.2, 0) is 6.18 Å². The normalized spacial score (nSPS) is 11.8. The van der Waals surface area contributed by atoms with Gasteiger partial charge in [-0.2, -0.15) is 18.4 Å². The number of para-hydroxylation sites is 3. The van der Waals surface area contributed by atoms with E-state index in [0.29, 0.717) is 45.3 Å². The Hall–Kier alpha value is -7.57. The Morgan fingerprint density at radius 1 is 0.446 bits per heavy atom. The number of alkyl halides is 3. The maximum atomic E-state index is 14.4. The summed E-state index contributed by atoms with van der Waals surface area (Å²) in [5.41, 5.74) is 5.68. The standard InChI is InChI=1S/C47H27F3N6/c48-47(49,50)35-19-9-12-22-39(35)56-38-21-11-8-18-34(38)43-41(56)26-25-40-42(43)33-17-7-10-20-37(33)55(40)36-24-23-31(27-32(36)28-51)46-53-44(29-13-3-1-4-14-29)52-45(54-46)30-15-5-2-6-16-30/h1-27H. The zero-order chi connectivity index (χ0) is 38.0. The molecule has 9 heteroatoms. The monoisotopic (exact) mass is 732 g/mol. The van der Waals surface area contributed by atoms with Crippen molar-refractivity contribution >= 4 is 43.6 Å². The fraction of sp³-hybridized carbons (Fsp3) is 0.0213. The lowest BCUT2D eigenvalue weighted by molar-refractivity contribution is -0.137. The maximum absolute atomic E-state index is 14.4. The molecule has 10 aromatic rings. The largest absolute Gasteiger partial charge is 0.418 e. The van der Waals surface area contributed by atoms with Crippen molar-refractivity contribution in [3.8, 4) is 51.6 Å². The van der Waals surface area contributed by atoms with Crippen molar-refractivity contribution in [3.05, 3.63) is 175 Å². The SMILES string of the molecule is N#Cc1cc(-c2nc(-c3ccccc3)nc(-c3ccccc3)n2)ccc1-n1c2ccccc2c2c3c4ccccc4n(-c4ccccc4C(F)(F)F)c3ccc21. The highest BCUT2D eigenvalue weighted by Crippen LogP contribution is 2.44. The number of rotatable bonds is 5. The van der Waals surface area contributed by atoms with E-state index in [0.717, 1.165) is 49.8 Å². The van der Waals surface area contributed by atoms with Crippen LogP contribution in [0, 0.1) is 11.3 Å². The minimum absolute atomic E-state index is 0.0563. The number of hydrogen-bond donors (Lipinski definition) is 0. The van der Waals surface area contributed by atoms with Crippen molar-refractivity contribution in [3.63, 3.8) is 0 Å². The van der Waals surface area contributed by atoms with Crippen molar-refractivity contribution < 1.29 is 13.2 Å². The fourth-order valence-electron chi connectivity index (χ4n) is 7.84. The van der Waals surface area contributed by atoms with Crippen LogP contribution in [0.15, 0.2) is 164 Å². The second-order valence-electron chi connectivity index (χ2n) is 13.5. The molecule has 0 spiro atoms. The van der Waals surface area contributed by atoms with E-state index in [-0.39, 0.29) is 5.69 Å². The smallest absolute Gasteiger partial charge is 0.309 e. The predicted molar refractivity (Wildman–Crippen MR) is 215 cm³/mol. The molecule has 3 aromatic heterocycles. The van der Waals surface area contributed by atoms with Crippen LogP contribution in [0.2, 0.25) is 0 Å². The molecule has 0 atom stereocenters. The molecule has 0 aliphatic rings. The lowest BCUT2D eigenvalue weighted by atomic mass is 10.1. The topological polar surface area (TPSA) is 72.3 Å². The molecule has 10 rings (SSSR count). The van der Waals surface area contributed by atoms with Gasteiger partial charge in [-0.3, -0.25) is 0 Å². The molecular weight excluding hydrogens is 706 g/mol. The average molecular weight is 733 g/mol. The van der Waals surface area contributed by atoms with Gasteiger partial charge in [0.1, 0.15) is 6.07 Å². The molecule has 7 aromatic carbocycles. The van der Waals surface area contributed by atoms with Gasteiger partial charge in [-0.25, -0.2) is 15.0 Å². The number of halogens is 3. The number of fused-ring (bicyclic) bond motifs is 7. The second-order valence-corrected chi connectivity index (χ2v) is 13.5. The van der Waals surface area contributed by atoms with Crippen LogP contribution >= 0.6 is 0 Å². The van der Waals surface area contributed by atoms with E-state index in [4.69, 9.17) is 15.0 Å². The first-order valence-corrected chi connectivity index (χ1v) is 17.9. The summed E-state index contributed by atoms with van der Waals surface area (Å²) in [5.74, 6) is 1.46. The Kier molecular flexibility index (Phi) is 7.54. The molecule has 0 bridgehead atoms. The summed E-state index contributed by atoms with van der Waals surface area (Å²) >= 11 is 0. The van der Waals surface area contributed by atoms with Crippen molar-refractivity contribution in [1.29, 1.82) is 5.26 Å². The second kappa shape index (κ2) is 12.8. The van der Waals surface area contributed by atoms with Gasteiger partial charge in [0.15, 0.2) is 17.5 Å². The highest BCUT2D eigenvalue weighted by molar-refractivity contribution is 6.29. The summed E-state index contributed by atoms with van der Waals surface area (Å²) in [4.78, 5) is 14.5. The quantitative estimate of drug-likeness (QED) is 0.177. The van der Waals surface area contributed by atoms with Gasteiger partial charge in [0.2, 0.25) is 0 Å². The zero-order valence-electron chi connectivity index (χ0n) is 29.4. The van der Waals surface area contributed by atoms with Gasteiger partial charge in [-0.05, 0) is 54.6 Å². The van der Waals surface area contributed by atoms with Gasteiger partial charge < -0.3 is 9.13 Å². The molecule has 0 fully saturated rings. The third-order valence-electron chi connectivity index (χ3n) is 10.2. The highest BCUT2D eigenvalue weighted by atomic mass is 19.4. The number of nitriles is 1. The van der Waals surface area contributed by atoms with Crippen LogP contribution < -0.4 is 0 Å². The van der Waals surface area contributed by atoms with Gasteiger partial charge in [-0.15, -0.1) is 0 Å². The first-order valence-electron chi connectivity index (χ1n) is 17.9. The van der Waals surface area contributed by atoms with Gasteiger partial charge >= 0.3 is 6.18 Å². The highest BCUT2D eigenvalue weighted by Gasteiger charge is 2.34. The van der Waals surface area contributed by atoms with Crippen LogP contribution in [0.3, 0.4) is 0 Å². The Balaban J connectivity index is 1.21. The van der Waals surface area contributed by atoms with E-state index < -0.39 is 11.7 Å². The molecule has 0 amide bonds. The lowest BCUT2D eigenvalue weighted by Crippen LogP contribution is -2.10. The van der Waals surface area contributed by atoms with E-state index in [2.05, 4.69) is 10.6 Å². The van der Waals surface area contributed by atoms with E-state index in [1.807, 2.05) is 133 Å². The Morgan fingerprint density at radius 3 is 1.45 bits per heavy atom. The fourth-order valence-corrected chi connectivity index (χ4v) is 7.84. The van der Waals surface area contributed by atoms with Gasteiger partial charge in [0.25, 0.3) is 0 Å². The summed E-state index contributed by atoms with van der Waals surface area (Å²) in [7, 11) is 0. The summed E-state index contributed by atoms with van der Waals surface area (Å²) in [6, 6.07) is 52.4. The molecule has 0 saturated carbocycles. The lowest BCUT2D eigenvalue weighted by Gasteiger charge is -2.15. The molecule has 0 unspecified atom stereocenters. The summed E-state index contributed by atoms with van der Waals surface area (Å²) in [5, 5.41) is 14.2. The van der Waals surface area contributed by atoms with Gasteiger partial charge in [0.05, 0.1) is 44.6 Å². The van der Waals surface area contributed by atoms with E-state index >= 15 is 0 Å². The number of hydrogen-bond acceptors (Lipinski definition) is 4. The minimum Gasteiger partial charge on any atom is -0.309 e. The number of nitrogens with zero attached hydrogens (tertiary/aromatic N) is 6. The van der Waals surface area contributed by atoms with E-state index in [1.165, 1.54) is 12.1 Å². The van der Waals surface area contributed by atoms with Crippen molar-refractivity contribution in [1.82, 2.24) is 24.1 Å². The molecule has 0 N–H and O–H groups in total. The van der Waals surface area contributed by atoms with Crippen molar-refractivity contribution in [2.45, 2.75) is 6.18 Å². The van der Waals surface area contributed by atoms with E-state index in [1.54, 1.807) is 16.7 Å². The average Bonchev–Trinajstić information content (AvgIpc) is 3.76. The molecule has 0 saturated heterocycles. The van der Waals surface area contributed by atoms with Crippen LogP contribution in [0.1, 0.15) is 11.1 Å². The van der Waals surface area contributed by atoms with Crippen LogP contribution in [0.5, 0.6) is 0 Å². The minimum atomic E-state index is -4.55. The molecule has 266 valence electrons. The van der Waals surface area contributed by atoms with Gasteiger partial charge in [-0.1, -0.05) is 109 Å². The van der Waals surface area contributed by atoms with Gasteiger partial charge in [0, 0.05) is 38.2 Å². The van der Waals surface area contributed by atoms with Crippen LogP contribution in [0.4, 0.5) is 13.2 Å². The molecule has 0 aliphatic carbocycles. The maximum Gasteiger partial charge on any atom is 0.418 e. The molecule has 3 heterocycles. The Bertz CT molecular complexity index is 3140.